The van der Waals surface area contributed by atoms with E-state index in [1.807, 2.05) is 6.07 Å². The molecule has 2 aromatic heterocycles. The van der Waals surface area contributed by atoms with Crippen molar-refractivity contribution in [3.63, 3.8) is 0 Å². The van der Waals surface area contributed by atoms with Crippen LogP contribution in [0.15, 0.2) is 29.3 Å². The Hall–Kier alpha value is -1.68. The topological polar surface area (TPSA) is 58.6 Å². The highest BCUT2D eigenvalue weighted by molar-refractivity contribution is 6.30. The van der Waals surface area contributed by atoms with Crippen LogP contribution in [0.25, 0.3) is 11.4 Å². The predicted octanol–water partition coefficient (Wildman–Crippen LogP) is 1.79. The molecule has 0 aromatic carbocycles. The molecule has 0 saturated carbocycles. The minimum absolute atomic E-state index is 0.127. The van der Waals surface area contributed by atoms with E-state index in [4.69, 9.17) is 11.6 Å². The number of hydrogen-bond acceptors (Lipinski definition) is 3. The molecule has 0 spiro atoms. The first-order valence-corrected chi connectivity index (χ1v) is 4.73. The number of rotatable bonds is 1. The lowest BCUT2D eigenvalue weighted by Gasteiger charge is -2.02. The maximum Gasteiger partial charge on any atom is 0.270 e. The molecule has 1 N–H and O–H groups in total. The molecule has 0 radical (unpaired) electrons. The maximum atomic E-state index is 11.4. The molecule has 5 heteroatoms. The molecule has 0 aliphatic heterocycles. The van der Waals surface area contributed by atoms with E-state index >= 15 is 0 Å². The fraction of sp³-hybridized carbons (Fsp3) is 0.100. The summed E-state index contributed by atoms with van der Waals surface area (Å²) in [5.74, 6) is 0.481. The van der Waals surface area contributed by atoms with Crippen LogP contribution in [0.1, 0.15) is 5.69 Å². The monoisotopic (exact) mass is 221 g/mol. The molecule has 0 bridgehead atoms. The molecule has 0 aliphatic carbocycles. The SMILES string of the molecule is Cc1nc(-c2cccnc2)[nH]c(=O)c1Cl. The summed E-state index contributed by atoms with van der Waals surface area (Å²) in [4.78, 5) is 22.1. The van der Waals surface area contributed by atoms with Crippen molar-refractivity contribution in [2.24, 2.45) is 0 Å². The van der Waals surface area contributed by atoms with Crippen LogP contribution in [0.3, 0.4) is 0 Å². The molecule has 0 aliphatic rings. The van der Waals surface area contributed by atoms with E-state index in [-0.39, 0.29) is 10.6 Å². The summed E-state index contributed by atoms with van der Waals surface area (Å²) in [5, 5.41) is 0.127. The molecule has 0 saturated heterocycles. The van der Waals surface area contributed by atoms with E-state index < -0.39 is 0 Å². The van der Waals surface area contributed by atoms with Crippen molar-refractivity contribution in [1.82, 2.24) is 15.0 Å². The van der Waals surface area contributed by atoms with Crippen molar-refractivity contribution < 1.29 is 0 Å². The lowest BCUT2D eigenvalue weighted by Crippen LogP contribution is -2.11. The molecule has 15 heavy (non-hydrogen) atoms. The Labute approximate surface area is 91.0 Å². The third-order valence-corrected chi connectivity index (χ3v) is 2.41. The van der Waals surface area contributed by atoms with Gasteiger partial charge in [0.1, 0.15) is 10.8 Å². The summed E-state index contributed by atoms with van der Waals surface area (Å²) in [7, 11) is 0. The smallest absolute Gasteiger partial charge is 0.270 e. The van der Waals surface area contributed by atoms with E-state index in [0.717, 1.165) is 5.56 Å². The number of pyridine rings is 1. The molecule has 0 amide bonds. The summed E-state index contributed by atoms with van der Waals surface area (Å²) in [6, 6.07) is 3.60. The summed E-state index contributed by atoms with van der Waals surface area (Å²) in [6.45, 7) is 1.69. The first kappa shape index (κ1) is 9.86. The zero-order valence-electron chi connectivity index (χ0n) is 7.99. The molecule has 76 valence electrons. The van der Waals surface area contributed by atoms with Gasteiger partial charge in [-0.05, 0) is 19.1 Å². The summed E-state index contributed by atoms with van der Waals surface area (Å²) >= 11 is 5.72. The molecular weight excluding hydrogens is 214 g/mol. The van der Waals surface area contributed by atoms with Gasteiger partial charge < -0.3 is 4.98 Å². The highest BCUT2D eigenvalue weighted by Gasteiger charge is 2.06. The molecule has 0 unspecified atom stereocenters. The Morgan fingerprint density at radius 3 is 2.87 bits per heavy atom. The van der Waals surface area contributed by atoms with Crippen molar-refractivity contribution in [1.29, 1.82) is 0 Å². The van der Waals surface area contributed by atoms with Crippen LogP contribution < -0.4 is 5.56 Å². The highest BCUT2D eigenvalue weighted by atomic mass is 35.5. The molecule has 2 heterocycles. The van der Waals surface area contributed by atoms with E-state index in [1.54, 1.807) is 25.4 Å². The second-order valence-electron chi connectivity index (χ2n) is 3.06. The van der Waals surface area contributed by atoms with Crippen LogP contribution in [-0.4, -0.2) is 15.0 Å². The summed E-state index contributed by atoms with van der Waals surface area (Å²) in [6.07, 6.45) is 3.29. The Kier molecular flexibility index (Phi) is 2.51. The number of H-pyrrole nitrogens is 1. The van der Waals surface area contributed by atoms with Gasteiger partial charge >= 0.3 is 0 Å². The van der Waals surface area contributed by atoms with E-state index in [9.17, 15) is 4.79 Å². The van der Waals surface area contributed by atoms with Gasteiger partial charge in [0.05, 0.1) is 5.69 Å². The van der Waals surface area contributed by atoms with Crippen molar-refractivity contribution in [2.45, 2.75) is 6.92 Å². The van der Waals surface area contributed by atoms with E-state index in [0.29, 0.717) is 11.5 Å². The van der Waals surface area contributed by atoms with Crippen LogP contribution >= 0.6 is 11.6 Å². The largest absolute Gasteiger partial charge is 0.305 e. The van der Waals surface area contributed by atoms with Crippen LogP contribution in [0, 0.1) is 6.92 Å². The molecule has 2 rings (SSSR count). The Balaban J connectivity index is 2.61. The first-order valence-electron chi connectivity index (χ1n) is 4.35. The second kappa shape index (κ2) is 3.82. The predicted molar refractivity (Wildman–Crippen MR) is 57.8 cm³/mol. The molecule has 0 fully saturated rings. The fourth-order valence-electron chi connectivity index (χ4n) is 1.21. The number of nitrogens with one attached hydrogen (secondary N) is 1. The molecule has 0 atom stereocenters. The molecule has 4 nitrogen and oxygen atoms in total. The number of halogens is 1. The van der Waals surface area contributed by atoms with Crippen LogP contribution in [0.2, 0.25) is 5.02 Å². The molecular formula is C10H8ClN3O. The van der Waals surface area contributed by atoms with Gasteiger partial charge in [-0.3, -0.25) is 9.78 Å². The van der Waals surface area contributed by atoms with Gasteiger partial charge in [-0.2, -0.15) is 0 Å². The van der Waals surface area contributed by atoms with Crippen LogP contribution in [-0.2, 0) is 0 Å². The van der Waals surface area contributed by atoms with Crippen LogP contribution in [0.5, 0.6) is 0 Å². The third-order valence-electron chi connectivity index (χ3n) is 1.96. The quantitative estimate of drug-likeness (QED) is 0.799. The number of aryl methyl sites for hydroxylation is 1. The molecule has 2 aromatic rings. The fourth-order valence-corrected chi connectivity index (χ4v) is 1.30. The zero-order chi connectivity index (χ0) is 10.8. The Morgan fingerprint density at radius 2 is 2.27 bits per heavy atom. The lowest BCUT2D eigenvalue weighted by molar-refractivity contribution is 1.07. The lowest BCUT2D eigenvalue weighted by atomic mass is 10.2. The first-order chi connectivity index (χ1) is 7.18. The second-order valence-corrected chi connectivity index (χ2v) is 3.43. The summed E-state index contributed by atoms with van der Waals surface area (Å²) < 4.78 is 0. The normalized spacial score (nSPS) is 10.3. The van der Waals surface area contributed by atoms with Crippen LogP contribution in [0.4, 0.5) is 0 Å². The standard InChI is InChI=1S/C10H8ClN3O/c1-6-8(11)10(15)14-9(13-6)7-3-2-4-12-5-7/h2-5H,1H3,(H,13,14,15). The van der Waals surface area contributed by atoms with Gasteiger partial charge in [0, 0.05) is 18.0 Å². The van der Waals surface area contributed by atoms with Gasteiger partial charge in [-0.15, -0.1) is 0 Å². The zero-order valence-corrected chi connectivity index (χ0v) is 8.75. The summed E-state index contributed by atoms with van der Waals surface area (Å²) in [5.41, 5.74) is 0.941. The number of nitrogens with zero attached hydrogens (tertiary/aromatic N) is 2. The Morgan fingerprint density at radius 1 is 1.47 bits per heavy atom. The van der Waals surface area contributed by atoms with Gasteiger partial charge in [0.15, 0.2) is 0 Å². The van der Waals surface area contributed by atoms with E-state index in [1.165, 1.54) is 0 Å². The van der Waals surface area contributed by atoms with E-state index in [2.05, 4.69) is 15.0 Å². The average molecular weight is 222 g/mol. The van der Waals surface area contributed by atoms with Gasteiger partial charge in [-0.25, -0.2) is 4.98 Å². The maximum absolute atomic E-state index is 11.4. The highest BCUT2D eigenvalue weighted by Crippen LogP contribution is 2.14. The average Bonchev–Trinajstić information content (AvgIpc) is 2.26. The van der Waals surface area contributed by atoms with Crippen molar-refractivity contribution in [2.75, 3.05) is 0 Å². The number of hydrogen-bond donors (Lipinski definition) is 1. The van der Waals surface area contributed by atoms with Gasteiger partial charge in [0.25, 0.3) is 5.56 Å². The number of aromatic amines is 1. The van der Waals surface area contributed by atoms with Gasteiger partial charge in [0.2, 0.25) is 0 Å². The van der Waals surface area contributed by atoms with Crippen molar-refractivity contribution in [3.05, 3.63) is 45.6 Å². The third kappa shape index (κ3) is 1.89. The van der Waals surface area contributed by atoms with Crippen molar-refractivity contribution in [3.8, 4) is 11.4 Å². The van der Waals surface area contributed by atoms with Gasteiger partial charge in [-0.1, -0.05) is 11.6 Å². The van der Waals surface area contributed by atoms with Crippen molar-refractivity contribution >= 4 is 11.6 Å². The minimum Gasteiger partial charge on any atom is -0.305 e. The Bertz CT molecular complexity index is 536. The number of aromatic nitrogens is 3. The minimum atomic E-state index is -0.331.